The molecule has 0 bridgehead atoms. The fraction of sp³-hybridized carbons (Fsp3) is 0.919. The number of esters is 3. The molecular formula is C37H75F3KNO13S2Si2. The molecule has 0 fully saturated rings. The van der Waals surface area contributed by atoms with Crippen LogP contribution in [0.25, 0.3) is 4.13 Å². The van der Waals surface area contributed by atoms with Gasteiger partial charge >= 0.3 is 74.8 Å². The van der Waals surface area contributed by atoms with Crippen molar-refractivity contribution < 1.29 is 124 Å². The minimum atomic E-state index is -6.10. The van der Waals surface area contributed by atoms with Gasteiger partial charge < -0.3 is 31.9 Å². The number of sulfonamides is 2. The van der Waals surface area contributed by atoms with Crippen molar-refractivity contribution in [2.45, 2.75) is 151 Å². The molecule has 14 nitrogen and oxygen atoms in total. The van der Waals surface area contributed by atoms with E-state index in [2.05, 4.69) is 37.8 Å². The van der Waals surface area contributed by atoms with Crippen LogP contribution in [0.4, 0.5) is 13.2 Å². The maximum Gasteiger partial charge on any atom is 1.00 e. The molecule has 0 spiro atoms. The molecule has 0 aromatic rings. The minimum absolute atomic E-state index is 0. The summed E-state index contributed by atoms with van der Waals surface area (Å²) in [5.41, 5.74) is -6.14. The molecule has 0 rings (SSSR count). The summed E-state index contributed by atoms with van der Waals surface area (Å²) >= 11 is 0. The van der Waals surface area contributed by atoms with E-state index < -0.39 is 59.8 Å². The van der Waals surface area contributed by atoms with Crippen molar-refractivity contribution >= 4 is 54.6 Å². The van der Waals surface area contributed by atoms with Crippen LogP contribution in [0.3, 0.4) is 0 Å². The van der Waals surface area contributed by atoms with Gasteiger partial charge in [-0.1, -0.05) is 54.4 Å². The van der Waals surface area contributed by atoms with Crippen molar-refractivity contribution in [3.8, 4) is 0 Å². The Hall–Kier alpha value is 0.0101. The molecule has 0 aromatic heterocycles. The number of halogens is 3. The molecule has 0 amide bonds. The third kappa shape index (κ3) is 35.1. The molecule has 2 atom stereocenters. The van der Waals surface area contributed by atoms with E-state index in [1.807, 2.05) is 45.7 Å². The van der Waals surface area contributed by atoms with Crippen molar-refractivity contribution in [1.29, 1.82) is 0 Å². The molecule has 0 aliphatic heterocycles. The Bertz CT molecular complexity index is 1370. The zero-order valence-electron chi connectivity index (χ0n) is 38.4. The van der Waals surface area contributed by atoms with E-state index >= 15 is 0 Å². The van der Waals surface area contributed by atoms with Crippen LogP contribution in [0.2, 0.25) is 38.3 Å². The zero-order valence-corrected chi connectivity index (χ0v) is 45.1. The summed E-state index contributed by atoms with van der Waals surface area (Å²) < 4.78 is 113. The van der Waals surface area contributed by atoms with E-state index in [9.17, 15) is 44.4 Å². The van der Waals surface area contributed by atoms with Gasteiger partial charge in [0, 0.05) is 12.4 Å². The molecule has 0 N–H and O–H groups in total. The second-order valence-electron chi connectivity index (χ2n) is 15.6. The third-order valence-electron chi connectivity index (χ3n) is 8.65. The van der Waals surface area contributed by atoms with Gasteiger partial charge in [-0.05, 0) is 91.2 Å². The molecule has 0 aromatic carbocycles. The van der Waals surface area contributed by atoms with Crippen LogP contribution >= 0.6 is 0 Å². The van der Waals surface area contributed by atoms with E-state index in [1.165, 1.54) is 18.9 Å². The average Bonchev–Trinajstić information content (AvgIpc) is 3.12. The van der Waals surface area contributed by atoms with Crippen molar-refractivity contribution in [3.63, 3.8) is 0 Å². The monoisotopic (exact) mass is 957 g/mol. The number of carbonyl (C=O) groups excluding carboxylic acids is 3. The topological polar surface area (TPSA) is 189 Å². The molecule has 0 radical (unpaired) electrons. The number of hydrogen-bond donors (Lipinski definition) is 0. The largest absolute Gasteiger partial charge is 1.00 e. The number of alkyl halides is 3. The first-order valence-corrected chi connectivity index (χ1v) is 29.4. The summed E-state index contributed by atoms with van der Waals surface area (Å²) in [7, 11) is -14.1. The Kier molecular flexibility index (Phi) is 37.3. The van der Waals surface area contributed by atoms with E-state index in [0.29, 0.717) is 46.1 Å². The smallest absolute Gasteiger partial charge is 0.465 e. The number of rotatable bonds is 28. The van der Waals surface area contributed by atoms with Crippen LogP contribution in [0.15, 0.2) is 0 Å². The van der Waals surface area contributed by atoms with Crippen molar-refractivity contribution in [2.24, 2.45) is 17.3 Å². The minimum Gasteiger partial charge on any atom is -0.465 e. The number of ether oxygens (including phenoxy) is 5. The summed E-state index contributed by atoms with van der Waals surface area (Å²) in [4.78, 5) is 34.4. The summed E-state index contributed by atoms with van der Waals surface area (Å²) in [5.74, 6) is -2.19. The Morgan fingerprint density at radius 1 is 0.661 bits per heavy atom. The quantitative estimate of drug-likeness (QED) is 0.0401. The van der Waals surface area contributed by atoms with Gasteiger partial charge in [0.2, 0.25) is 0 Å². The molecular weight excluding hydrogens is 883 g/mol. The number of nitrogens with zero attached hydrogens (tertiary/aromatic N) is 1. The Balaban J connectivity index is -0.000000388. The van der Waals surface area contributed by atoms with Gasteiger partial charge in [-0.2, -0.15) is 13.2 Å². The number of unbranched alkanes of at least 4 members (excludes halogenated alkanes) is 1. The van der Waals surface area contributed by atoms with Crippen LogP contribution in [0.5, 0.6) is 0 Å². The van der Waals surface area contributed by atoms with Crippen LogP contribution < -0.4 is 51.4 Å². The standard InChI is InChI=1S/C17H38O3Si2.C11H22O4.C9H15F3NO6S2.K/c1-9-11-14-21(5,6)20-22(7,8)15-12-13-19-16(18)17(3,4)10-2;1-4-10(3)11(12)15-9-8-14-7-6-13-5-2;1-3-7(2)8(14)19-5-4-6-20(15,16)13-21(17,18)9(10,11)12;/h9-15H2,1-8H3;10H,4-9H2,1-3H3;7H,3-6H2,1-2H3;/q;;-1;+1. The first-order valence-electron chi connectivity index (χ1n) is 20.1. The predicted octanol–water partition coefficient (Wildman–Crippen LogP) is 5.73. The van der Waals surface area contributed by atoms with Crippen LogP contribution in [-0.2, 0) is 62.2 Å². The molecule has 2 unspecified atom stereocenters. The molecule has 0 heterocycles. The summed E-state index contributed by atoms with van der Waals surface area (Å²) in [6, 6.07) is 2.31. The first kappa shape index (κ1) is 65.6. The Morgan fingerprint density at radius 2 is 1.10 bits per heavy atom. The van der Waals surface area contributed by atoms with Gasteiger partial charge in [-0.15, -0.1) is 0 Å². The van der Waals surface area contributed by atoms with Crippen molar-refractivity contribution in [1.82, 2.24) is 0 Å². The van der Waals surface area contributed by atoms with Crippen molar-refractivity contribution in [2.75, 3.05) is 52.0 Å². The fourth-order valence-corrected chi connectivity index (χ4v) is 15.6. The molecule has 0 aliphatic rings. The molecule has 59 heavy (non-hydrogen) atoms. The van der Waals surface area contributed by atoms with E-state index in [4.69, 9.17) is 23.1 Å². The van der Waals surface area contributed by atoms with Crippen LogP contribution in [-0.4, -0.2) is 109 Å². The van der Waals surface area contributed by atoms with Crippen LogP contribution in [0, 0.1) is 17.3 Å². The molecule has 0 saturated heterocycles. The van der Waals surface area contributed by atoms with Crippen molar-refractivity contribution in [3.05, 3.63) is 4.13 Å². The molecule has 348 valence electrons. The second-order valence-corrected chi connectivity index (χ2v) is 28.0. The van der Waals surface area contributed by atoms with Gasteiger partial charge in [-0.3, -0.25) is 14.4 Å². The third-order valence-corrected chi connectivity index (χ3v) is 19.3. The molecule has 0 saturated carbocycles. The number of carbonyl (C=O) groups is 3. The van der Waals surface area contributed by atoms with Gasteiger partial charge in [0.25, 0.3) is 0 Å². The van der Waals surface area contributed by atoms with E-state index in [1.54, 1.807) is 13.8 Å². The second kappa shape index (κ2) is 33.5. The van der Waals surface area contributed by atoms with Gasteiger partial charge in [-0.25, -0.2) is 16.8 Å². The van der Waals surface area contributed by atoms with Gasteiger partial charge in [0.1, 0.15) is 6.61 Å². The summed E-state index contributed by atoms with van der Waals surface area (Å²) in [6.07, 6.45) is 5.20. The van der Waals surface area contributed by atoms with E-state index in [-0.39, 0.29) is 87.7 Å². The molecule has 0 aliphatic carbocycles. The first-order chi connectivity index (χ1) is 26.5. The Morgan fingerprint density at radius 3 is 1.54 bits per heavy atom. The zero-order chi connectivity index (χ0) is 45.9. The predicted molar refractivity (Wildman–Crippen MR) is 225 cm³/mol. The van der Waals surface area contributed by atoms with Gasteiger partial charge in [0.05, 0.1) is 60.3 Å². The normalized spacial score (nSPS) is 13.4. The van der Waals surface area contributed by atoms with E-state index in [0.717, 1.165) is 25.3 Å². The maximum atomic E-state index is 12.0. The number of hydrogen-bond acceptors (Lipinski definition) is 13. The van der Waals surface area contributed by atoms with Gasteiger partial charge in [0.15, 0.2) is 26.7 Å². The average molecular weight is 958 g/mol. The SMILES string of the molecule is CCC(C)C(=O)OCCCS(=O)(=O)[N-]S(=O)(=O)C(F)(F)F.CCCC[Si](C)(C)O[Si](C)(C)CCCOC(=O)C(C)(C)CC.CCOCCOCCOC(=O)C(C)CC.[K+]. The fourth-order valence-electron chi connectivity index (χ4n) is 4.28. The Labute approximate surface area is 399 Å². The summed E-state index contributed by atoms with van der Waals surface area (Å²) in [6.45, 7) is 29.3. The van der Waals surface area contributed by atoms with Crippen LogP contribution in [0.1, 0.15) is 107 Å². The maximum absolute atomic E-state index is 12.0. The molecule has 22 heteroatoms. The summed E-state index contributed by atoms with van der Waals surface area (Å²) in [5, 5.41) is 0.